The first kappa shape index (κ1) is 56.5. The first-order valence-corrected chi connectivity index (χ1v) is 23.3. The second kappa shape index (κ2) is 27.2. The van der Waals surface area contributed by atoms with Crippen molar-refractivity contribution < 1.29 is 53.1 Å². The molecule has 0 unspecified atom stereocenters. The van der Waals surface area contributed by atoms with Crippen LogP contribution in [0.15, 0.2) is 35.3 Å². The lowest BCUT2D eigenvalue weighted by Crippen LogP contribution is -2.60. The van der Waals surface area contributed by atoms with Crippen molar-refractivity contribution in [2.45, 2.75) is 147 Å². The lowest BCUT2D eigenvalue weighted by molar-refractivity contribution is -0.143. The molecule has 0 aromatic heterocycles. The first-order valence-electron chi connectivity index (χ1n) is 23.3. The van der Waals surface area contributed by atoms with Gasteiger partial charge >= 0.3 is 5.97 Å². The molecule has 24 nitrogen and oxygen atoms in total. The van der Waals surface area contributed by atoms with Crippen LogP contribution in [0.2, 0.25) is 0 Å². The fourth-order valence-electron chi connectivity index (χ4n) is 8.12. The molecule has 2 aliphatic rings. The summed E-state index contributed by atoms with van der Waals surface area (Å²) in [5, 5.41) is 22.8. The molecule has 382 valence electrons. The molecule has 24 heteroatoms. The van der Waals surface area contributed by atoms with Crippen molar-refractivity contribution >= 4 is 65.1 Å². The number of nitrogens with zero attached hydrogens (tertiary/aromatic N) is 3. The zero-order valence-corrected chi connectivity index (χ0v) is 39.8. The molecule has 2 heterocycles. The molecule has 3 rings (SSSR count). The zero-order valence-electron chi connectivity index (χ0n) is 39.8. The van der Waals surface area contributed by atoms with E-state index in [1.165, 1.54) is 9.80 Å². The molecule has 69 heavy (non-hydrogen) atoms. The molecule has 8 atom stereocenters. The average Bonchev–Trinajstić information content (AvgIpc) is 3.98. The Bertz CT molecular complexity index is 2030. The van der Waals surface area contributed by atoms with Gasteiger partial charge in [-0.25, -0.2) is 4.79 Å². The van der Waals surface area contributed by atoms with E-state index >= 15 is 0 Å². The Morgan fingerprint density at radius 1 is 0.667 bits per heavy atom. The van der Waals surface area contributed by atoms with Crippen LogP contribution in [0.25, 0.3) is 0 Å². The number of hydrogen-bond donors (Lipinski definition) is 11. The number of hydrogen-bond acceptors (Lipinski definition) is 12. The summed E-state index contributed by atoms with van der Waals surface area (Å²) in [5.74, 6) is -8.99. The van der Waals surface area contributed by atoms with Gasteiger partial charge in [0.05, 0.1) is 12.5 Å². The molecule has 1 aromatic rings. The lowest BCUT2D eigenvalue weighted by Gasteiger charge is -2.32. The number of guanidine groups is 1. The third-order valence-electron chi connectivity index (χ3n) is 11.8. The quantitative estimate of drug-likeness (QED) is 0.0237. The number of nitrogens with two attached hydrogens (primary N) is 5. The number of aliphatic imine (C=N–C) groups is 1. The number of carboxylic acid groups (broad SMARTS) is 1. The number of aliphatic carboxylic acids is 1. The Balaban J connectivity index is 1.83. The largest absolute Gasteiger partial charge is 0.480 e. The van der Waals surface area contributed by atoms with Gasteiger partial charge in [-0.3, -0.25) is 48.1 Å². The van der Waals surface area contributed by atoms with Gasteiger partial charge in [0, 0.05) is 32.5 Å². The number of carboxylic acids is 1. The van der Waals surface area contributed by atoms with Gasteiger partial charge in [-0.2, -0.15) is 0 Å². The molecule has 0 saturated carbocycles. The highest BCUT2D eigenvalue weighted by atomic mass is 16.4. The molecule has 9 amide bonds. The van der Waals surface area contributed by atoms with E-state index in [0.29, 0.717) is 18.4 Å². The number of carbonyl (C=O) groups excluding carboxylic acids is 9. The van der Waals surface area contributed by atoms with Gasteiger partial charge in [-0.05, 0) is 68.8 Å². The highest BCUT2D eigenvalue weighted by molar-refractivity contribution is 5.99. The summed E-state index contributed by atoms with van der Waals surface area (Å²) >= 11 is 0. The standard InChI is InChI=1S/C45H71N13O11/c1-24(2)21-30(55-39(63)29(23-35(47)60)54-41(65)33-15-10-20-58(33)43(67)36(48)25(3)4)42(66)57-19-9-14-32(57)40(64)53-28(16-17-34(46)59)38(62)52-27(13-8-18-51-45(49)50)37(61)56-31(44(68)69)22-26-11-6-5-7-12-26/h5-7,11-12,24-25,27-33,36H,8-10,13-23,48H2,1-4H3,(H2,46,59)(H2,47,60)(H,52,62)(H,53,64)(H,54,65)(H,55,63)(H,56,61)(H,68,69)(H4,49,50,51)/t27-,28-,29-,30-,31-,32-,33-,36-/m0/s1. The molecule has 1 aromatic carbocycles. The summed E-state index contributed by atoms with van der Waals surface area (Å²) in [7, 11) is 0. The fraction of sp³-hybridized carbons (Fsp3) is 0.622. The van der Waals surface area contributed by atoms with Crippen LogP contribution in [0.1, 0.15) is 97.5 Å². The molecule has 2 saturated heterocycles. The average molecular weight is 970 g/mol. The second-order valence-electron chi connectivity index (χ2n) is 18.2. The SMILES string of the molecule is CC(C)C[C@H](NC(=O)[C@H](CC(N)=O)NC(=O)[C@@H]1CCCN1C(=O)[C@@H](N)C(C)C)C(=O)N1CCC[C@H]1C(=O)N[C@@H](CCC(N)=O)C(=O)N[C@@H](CCCN=C(N)N)C(=O)N[C@@H](Cc1ccccc1)C(=O)O. The van der Waals surface area contributed by atoms with Crippen LogP contribution in [0.4, 0.5) is 0 Å². The van der Waals surface area contributed by atoms with Crippen molar-refractivity contribution in [3.05, 3.63) is 35.9 Å². The van der Waals surface area contributed by atoms with E-state index in [1.807, 2.05) is 0 Å². The molecule has 2 aliphatic heterocycles. The maximum atomic E-state index is 14.4. The van der Waals surface area contributed by atoms with Gasteiger partial charge in [-0.1, -0.05) is 58.0 Å². The topological polar surface area (TPSA) is 400 Å². The number of nitrogens with one attached hydrogen (secondary N) is 5. The van der Waals surface area contributed by atoms with Crippen LogP contribution in [0.5, 0.6) is 0 Å². The zero-order chi connectivity index (χ0) is 51.5. The highest BCUT2D eigenvalue weighted by Gasteiger charge is 2.42. The Kier molecular flexibility index (Phi) is 22.3. The number of likely N-dealkylation sites (tertiary alicyclic amines) is 2. The molecule has 0 spiro atoms. The molecule has 0 aliphatic carbocycles. The van der Waals surface area contributed by atoms with Crippen molar-refractivity contribution in [3.63, 3.8) is 0 Å². The second-order valence-corrected chi connectivity index (χ2v) is 18.2. The smallest absolute Gasteiger partial charge is 0.326 e. The minimum atomic E-state index is -1.53. The van der Waals surface area contributed by atoms with Gasteiger partial charge in [-0.15, -0.1) is 0 Å². The van der Waals surface area contributed by atoms with E-state index in [2.05, 4.69) is 31.6 Å². The maximum absolute atomic E-state index is 14.4. The fourth-order valence-corrected chi connectivity index (χ4v) is 8.12. The number of benzene rings is 1. The number of amides is 9. The Labute approximate surface area is 401 Å². The molecule has 0 radical (unpaired) electrons. The summed E-state index contributed by atoms with van der Waals surface area (Å²) in [6.07, 6.45) is -0.0152. The van der Waals surface area contributed by atoms with Crippen LogP contribution >= 0.6 is 0 Å². The van der Waals surface area contributed by atoms with E-state index in [-0.39, 0.29) is 88.8 Å². The number of carbonyl (C=O) groups is 10. The van der Waals surface area contributed by atoms with Gasteiger partial charge < -0.3 is 70.2 Å². The Morgan fingerprint density at radius 2 is 1.17 bits per heavy atom. The van der Waals surface area contributed by atoms with Crippen molar-refractivity contribution in [1.29, 1.82) is 0 Å². The summed E-state index contributed by atoms with van der Waals surface area (Å²) in [4.78, 5) is 140. The maximum Gasteiger partial charge on any atom is 0.326 e. The van der Waals surface area contributed by atoms with Gasteiger partial charge in [0.25, 0.3) is 0 Å². The van der Waals surface area contributed by atoms with Gasteiger partial charge in [0.15, 0.2) is 5.96 Å². The van der Waals surface area contributed by atoms with E-state index in [0.717, 1.165) is 0 Å². The predicted octanol–water partition coefficient (Wildman–Crippen LogP) is -3.06. The third-order valence-corrected chi connectivity index (χ3v) is 11.8. The summed E-state index contributed by atoms with van der Waals surface area (Å²) in [6, 6.07) is -1.51. The van der Waals surface area contributed by atoms with Crippen LogP contribution in [0.3, 0.4) is 0 Å². The minimum absolute atomic E-state index is 0.0515. The number of primary amides is 2. The summed E-state index contributed by atoms with van der Waals surface area (Å²) in [5.41, 5.74) is 28.5. The van der Waals surface area contributed by atoms with Crippen LogP contribution < -0.4 is 55.3 Å². The highest BCUT2D eigenvalue weighted by Crippen LogP contribution is 2.23. The van der Waals surface area contributed by atoms with Crippen LogP contribution in [-0.4, -0.2) is 148 Å². The summed E-state index contributed by atoms with van der Waals surface area (Å²) < 4.78 is 0. The minimum Gasteiger partial charge on any atom is -0.480 e. The Morgan fingerprint density at radius 3 is 1.68 bits per heavy atom. The predicted molar refractivity (Wildman–Crippen MR) is 251 cm³/mol. The van der Waals surface area contributed by atoms with Crippen molar-refractivity contribution in [1.82, 2.24) is 36.4 Å². The van der Waals surface area contributed by atoms with E-state index < -0.39 is 114 Å². The number of rotatable bonds is 27. The van der Waals surface area contributed by atoms with E-state index in [4.69, 9.17) is 28.7 Å². The normalized spacial score (nSPS) is 18.2. The van der Waals surface area contributed by atoms with Crippen molar-refractivity contribution in [2.24, 2.45) is 45.5 Å². The monoisotopic (exact) mass is 970 g/mol. The molecular weight excluding hydrogens is 899 g/mol. The molecular formula is C45H71N13O11. The van der Waals surface area contributed by atoms with Crippen molar-refractivity contribution in [3.8, 4) is 0 Å². The molecule has 2 fully saturated rings. The van der Waals surface area contributed by atoms with Gasteiger partial charge in [0.2, 0.25) is 53.2 Å². The third kappa shape index (κ3) is 18.0. The van der Waals surface area contributed by atoms with Crippen LogP contribution in [0, 0.1) is 11.8 Å². The molecule has 0 bridgehead atoms. The lowest BCUT2D eigenvalue weighted by atomic mass is 10.0. The van der Waals surface area contributed by atoms with Crippen LogP contribution in [-0.2, 0) is 54.4 Å². The van der Waals surface area contributed by atoms with Gasteiger partial charge in [0.1, 0.15) is 42.3 Å². The first-order chi connectivity index (χ1) is 32.5. The van der Waals surface area contributed by atoms with E-state index in [9.17, 15) is 53.1 Å². The Hall–Kier alpha value is -6.85. The molecule has 16 N–H and O–H groups in total. The summed E-state index contributed by atoms with van der Waals surface area (Å²) in [6.45, 7) is 7.50. The van der Waals surface area contributed by atoms with Crippen molar-refractivity contribution in [2.75, 3.05) is 19.6 Å². The van der Waals surface area contributed by atoms with E-state index in [1.54, 1.807) is 58.0 Å².